The quantitative estimate of drug-likeness (QED) is 0.803. The minimum absolute atomic E-state index is 0.154. The highest BCUT2D eigenvalue weighted by atomic mass is 35.5. The van der Waals surface area contributed by atoms with E-state index in [9.17, 15) is 4.79 Å². The number of hydrogen-bond acceptors (Lipinski definition) is 4. The van der Waals surface area contributed by atoms with E-state index >= 15 is 0 Å². The van der Waals surface area contributed by atoms with Gasteiger partial charge in [-0.05, 0) is 44.3 Å². The normalized spacial score (nSPS) is 11.5. The zero-order valence-electron chi connectivity index (χ0n) is 12.4. The molecule has 0 radical (unpaired) electrons. The predicted octanol–water partition coefficient (Wildman–Crippen LogP) is 3.11. The highest BCUT2D eigenvalue weighted by Crippen LogP contribution is 2.15. The second-order valence-electron chi connectivity index (χ2n) is 5.36. The molecule has 2 aromatic heterocycles. The number of H-pyrrole nitrogens is 1. The second kappa shape index (κ2) is 5.94. The van der Waals surface area contributed by atoms with Gasteiger partial charge in [0.1, 0.15) is 17.3 Å². The summed E-state index contributed by atoms with van der Waals surface area (Å²) in [5.74, 6) is 2.37. The summed E-state index contributed by atoms with van der Waals surface area (Å²) in [4.78, 5) is 21.4. The van der Waals surface area contributed by atoms with E-state index in [1.54, 1.807) is 18.2 Å². The van der Waals surface area contributed by atoms with E-state index in [-0.39, 0.29) is 5.56 Å². The van der Waals surface area contributed by atoms with Gasteiger partial charge in [-0.1, -0.05) is 11.6 Å². The van der Waals surface area contributed by atoms with Gasteiger partial charge in [0, 0.05) is 5.02 Å². The Kier molecular flexibility index (Phi) is 4.00. The van der Waals surface area contributed by atoms with E-state index < -0.39 is 0 Å². The van der Waals surface area contributed by atoms with Crippen molar-refractivity contribution < 1.29 is 4.42 Å². The van der Waals surface area contributed by atoms with Crippen LogP contribution in [-0.2, 0) is 13.1 Å². The molecule has 0 bridgehead atoms. The van der Waals surface area contributed by atoms with Crippen molar-refractivity contribution in [3.05, 3.63) is 63.1 Å². The summed E-state index contributed by atoms with van der Waals surface area (Å²) in [7, 11) is 1.94. The number of furan rings is 1. The smallest absolute Gasteiger partial charge is 0.258 e. The van der Waals surface area contributed by atoms with E-state index in [2.05, 4.69) is 9.97 Å². The lowest BCUT2D eigenvalue weighted by atomic mass is 10.2. The summed E-state index contributed by atoms with van der Waals surface area (Å²) in [6, 6.07) is 8.95. The Balaban J connectivity index is 1.82. The third kappa shape index (κ3) is 3.21. The van der Waals surface area contributed by atoms with Crippen molar-refractivity contribution in [3.63, 3.8) is 0 Å². The maximum atomic E-state index is 12.1. The highest BCUT2D eigenvalue weighted by molar-refractivity contribution is 6.31. The Hall–Kier alpha value is -2.11. The monoisotopic (exact) mass is 317 g/mol. The first-order valence-electron chi connectivity index (χ1n) is 6.93. The van der Waals surface area contributed by atoms with E-state index in [4.69, 9.17) is 16.0 Å². The molecule has 0 amide bonds. The minimum atomic E-state index is -0.154. The van der Waals surface area contributed by atoms with Gasteiger partial charge in [-0.15, -0.1) is 0 Å². The van der Waals surface area contributed by atoms with Crippen LogP contribution in [-0.4, -0.2) is 21.9 Å². The second-order valence-corrected chi connectivity index (χ2v) is 5.80. The van der Waals surface area contributed by atoms with Gasteiger partial charge in [0.15, 0.2) is 0 Å². The fourth-order valence-corrected chi connectivity index (χ4v) is 2.55. The van der Waals surface area contributed by atoms with Crippen LogP contribution in [0, 0.1) is 6.92 Å². The van der Waals surface area contributed by atoms with Gasteiger partial charge >= 0.3 is 0 Å². The Morgan fingerprint density at radius 2 is 2.09 bits per heavy atom. The topological polar surface area (TPSA) is 62.1 Å². The molecule has 1 N–H and O–H groups in total. The minimum Gasteiger partial charge on any atom is -0.465 e. The number of aryl methyl sites for hydroxylation is 1. The molecule has 5 nitrogen and oxygen atoms in total. The molecule has 0 spiro atoms. The molecule has 6 heteroatoms. The molecule has 22 heavy (non-hydrogen) atoms. The average Bonchev–Trinajstić information content (AvgIpc) is 2.83. The number of rotatable bonds is 4. The van der Waals surface area contributed by atoms with E-state index in [1.165, 1.54) is 0 Å². The standard InChI is InChI=1S/C16H16ClN3O2/c1-10-3-5-12(22-10)8-20(2)9-15-18-14-7-11(17)4-6-13(14)16(21)19-15/h3-7H,8-9H2,1-2H3,(H,18,19,21). The molecule has 3 rings (SSSR count). The molecule has 0 saturated heterocycles. The molecule has 0 aliphatic carbocycles. The van der Waals surface area contributed by atoms with Crippen LogP contribution in [0.3, 0.4) is 0 Å². The van der Waals surface area contributed by atoms with Crippen LogP contribution in [0.4, 0.5) is 0 Å². The third-order valence-corrected chi connectivity index (χ3v) is 3.59. The molecule has 0 aliphatic heterocycles. The predicted molar refractivity (Wildman–Crippen MR) is 86.0 cm³/mol. The van der Waals surface area contributed by atoms with Crippen molar-refractivity contribution in [2.75, 3.05) is 7.05 Å². The van der Waals surface area contributed by atoms with Crippen molar-refractivity contribution in [1.82, 2.24) is 14.9 Å². The highest BCUT2D eigenvalue weighted by Gasteiger charge is 2.09. The summed E-state index contributed by atoms with van der Waals surface area (Å²) in [5.41, 5.74) is 0.451. The summed E-state index contributed by atoms with van der Waals surface area (Å²) in [6.45, 7) is 3.07. The van der Waals surface area contributed by atoms with Crippen molar-refractivity contribution >= 4 is 22.5 Å². The van der Waals surface area contributed by atoms with Crippen molar-refractivity contribution in [3.8, 4) is 0 Å². The fraction of sp³-hybridized carbons (Fsp3) is 0.250. The summed E-state index contributed by atoms with van der Waals surface area (Å²) in [6.07, 6.45) is 0. The van der Waals surface area contributed by atoms with Gasteiger partial charge in [0.05, 0.1) is 24.0 Å². The third-order valence-electron chi connectivity index (χ3n) is 3.36. The molecular weight excluding hydrogens is 302 g/mol. The van der Waals surface area contributed by atoms with Crippen molar-refractivity contribution in [2.45, 2.75) is 20.0 Å². The van der Waals surface area contributed by atoms with Crippen LogP contribution in [0.1, 0.15) is 17.3 Å². The number of aromatic amines is 1. The number of nitrogens with one attached hydrogen (secondary N) is 1. The van der Waals surface area contributed by atoms with Crippen LogP contribution >= 0.6 is 11.6 Å². The van der Waals surface area contributed by atoms with Crippen LogP contribution in [0.25, 0.3) is 10.9 Å². The van der Waals surface area contributed by atoms with Crippen LogP contribution < -0.4 is 5.56 Å². The molecule has 114 valence electrons. The molecule has 0 saturated carbocycles. The van der Waals surface area contributed by atoms with Gasteiger partial charge in [0.25, 0.3) is 5.56 Å². The lowest BCUT2D eigenvalue weighted by Crippen LogP contribution is -2.21. The molecular formula is C16H16ClN3O2. The van der Waals surface area contributed by atoms with Crippen molar-refractivity contribution in [2.24, 2.45) is 0 Å². The van der Waals surface area contributed by atoms with Gasteiger partial charge in [-0.2, -0.15) is 0 Å². The van der Waals surface area contributed by atoms with Crippen LogP contribution in [0.2, 0.25) is 5.02 Å². The van der Waals surface area contributed by atoms with Gasteiger partial charge < -0.3 is 9.40 Å². The summed E-state index contributed by atoms with van der Waals surface area (Å²) >= 11 is 5.96. The molecule has 0 aliphatic rings. The lowest BCUT2D eigenvalue weighted by molar-refractivity contribution is 0.279. The van der Waals surface area contributed by atoms with Crippen LogP contribution in [0.15, 0.2) is 39.5 Å². The Morgan fingerprint density at radius 1 is 1.27 bits per heavy atom. The Bertz CT molecular complexity index is 869. The van der Waals surface area contributed by atoms with E-state index in [0.29, 0.717) is 34.8 Å². The maximum absolute atomic E-state index is 12.1. The van der Waals surface area contributed by atoms with E-state index in [1.807, 2.05) is 31.0 Å². The molecule has 0 fully saturated rings. The number of fused-ring (bicyclic) bond motifs is 1. The summed E-state index contributed by atoms with van der Waals surface area (Å²) < 4.78 is 5.55. The first kappa shape index (κ1) is 14.8. The van der Waals surface area contributed by atoms with Crippen LogP contribution in [0.5, 0.6) is 0 Å². The van der Waals surface area contributed by atoms with Gasteiger partial charge in [-0.25, -0.2) is 4.98 Å². The molecule has 0 unspecified atom stereocenters. The number of aromatic nitrogens is 2. The SMILES string of the molecule is Cc1ccc(CN(C)Cc2nc3cc(Cl)ccc3c(=O)[nH]2)o1. The number of nitrogens with zero attached hydrogens (tertiary/aromatic N) is 2. The van der Waals surface area contributed by atoms with Crippen molar-refractivity contribution in [1.29, 1.82) is 0 Å². The summed E-state index contributed by atoms with van der Waals surface area (Å²) in [5, 5.41) is 1.11. The zero-order chi connectivity index (χ0) is 15.7. The van der Waals surface area contributed by atoms with E-state index in [0.717, 1.165) is 11.5 Å². The fourth-order valence-electron chi connectivity index (χ4n) is 2.38. The Morgan fingerprint density at radius 3 is 2.82 bits per heavy atom. The maximum Gasteiger partial charge on any atom is 0.258 e. The lowest BCUT2D eigenvalue weighted by Gasteiger charge is -2.14. The average molecular weight is 318 g/mol. The van der Waals surface area contributed by atoms with Gasteiger partial charge in [-0.3, -0.25) is 9.69 Å². The molecule has 0 atom stereocenters. The first-order chi connectivity index (χ1) is 10.5. The molecule has 2 heterocycles. The molecule has 1 aromatic carbocycles. The number of hydrogen-bond donors (Lipinski definition) is 1. The number of halogens is 1. The first-order valence-corrected chi connectivity index (χ1v) is 7.31. The molecule has 3 aromatic rings. The number of benzene rings is 1. The zero-order valence-corrected chi connectivity index (χ0v) is 13.1. The largest absolute Gasteiger partial charge is 0.465 e. The van der Waals surface area contributed by atoms with Gasteiger partial charge in [0.2, 0.25) is 0 Å². The Labute approximate surface area is 132 Å².